The van der Waals surface area contributed by atoms with Crippen LogP contribution in [-0.2, 0) is 16.6 Å². The van der Waals surface area contributed by atoms with Gasteiger partial charge in [-0.3, -0.25) is 10.1 Å². The largest absolute Gasteiger partial charge is 0.492 e. The molecule has 0 fully saturated rings. The van der Waals surface area contributed by atoms with Crippen LogP contribution in [0.3, 0.4) is 0 Å². The van der Waals surface area contributed by atoms with Crippen LogP contribution in [-0.4, -0.2) is 26.0 Å². The lowest BCUT2D eigenvalue weighted by Crippen LogP contribution is -2.34. The molecule has 0 atom stereocenters. The van der Waals surface area contributed by atoms with Crippen LogP contribution in [0, 0.1) is 5.92 Å². The monoisotopic (exact) mass is 575 g/mol. The third-order valence-corrected chi connectivity index (χ3v) is 6.97. The highest BCUT2D eigenvalue weighted by Gasteiger charge is 2.15. The Morgan fingerprint density at radius 1 is 1.03 bits per heavy atom. The summed E-state index contributed by atoms with van der Waals surface area (Å²) in [4.78, 5) is 12.7. The van der Waals surface area contributed by atoms with Crippen molar-refractivity contribution < 1.29 is 17.9 Å². The normalized spacial score (nSPS) is 11.2. The van der Waals surface area contributed by atoms with Crippen LogP contribution < -0.4 is 20.1 Å². The Morgan fingerprint density at radius 3 is 2.34 bits per heavy atom. The van der Waals surface area contributed by atoms with Crippen molar-refractivity contribution in [1.29, 1.82) is 0 Å². The number of sulfonamides is 1. The maximum absolute atomic E-state index is 12.6. The summed E-state index contributed by atoms with van der Waals surface area (Å²) in [6, 6.07) is 20.4. The van der Waals surface area contributed by atoms with Crippen molar-refractivity contribution in [3.63, 3.8) is 0 Å². The summed E-state index contributed by atoms with van der Waals surface area (Å²) < 4.78 is 34.0. The Labute approximate surface area is 219 Å². The number of amides is 1. The standard InChI is InChI=1S/C25H26BrN3O4S2/c1-17(2)16-33-23-13-8-19(14-22(23)26)24(30)29-25(34)28-20-9-11-21(12-10-20)35(31,32)27-15-18-6-4-3-5-7-18/h3-14,17,27H,15-16H2,1-2H3,(H2,28,29,30,34). The van der Waals surface area contributed by atoms with E-state index in [0.29, 0.717) is 34.0 Å². The van der Waals surface area contributed by atoms with E-state index in [-0.39, 0.29) is 22.5 Å². The number of hydrogen-bond donors (Lipinski definition) is 3. The number of ether oxygens (including phenoxy) is 1. The van der Waals surface area contributed by atoms with E-state index in [9.17, 15) is 13.2 Å². The van der Waals surface area contributed by atoms with E-state index in [4.69, 9.17) is 17.0 Å². The maximum Gasteiger partial charge on any atom is 0.257 e. The van der Waals surface area contributed by atoms with Gasteiger partial charge in [-0.2, -0.15) is 0 Å². The Bertz CT molecular complexity index is 1280. The molecule has 0 saturated carbocycles. The van der Waals surface area contributed by atoms with Crippen LogP contribution in [0.1, 0.15) is 29.8 Å². The SMILES string of the molecule is CC(C)COc1ccc(C(=O)NC(=S)Nc2ccc(S(=O)(=O)NCc3ccccc3)cc2)cc1Br. The van der Waals surface area contributed by atoms with Crippen LogP contribution in [0.25, 0.3) is 0 Å². The number of carbonyl (C=O) groups excluding carboxylic acids is 1. The summed E-state index contributed by atoms with van der Waals surface area (Å²) in [6.07, 6.45) is 0. The number of rotatable bonds is 9. The smallest absolute Gasteiger partial charge is 0.257 e. The van der Waals surface area contributed by atoms with Crippen LogP contribution in [0.2, 0.25) is 0 Å². The number of hydrogen-bond acceptors (Lipinski definition) is 5. The zero-order valence-corrected chi connectivity index (χ0v) is 22.5. The molecule has 0 aliphatic carbocycles. The molecule has 0 aromatic heterocycles. The zero-order valence-electron chi connectivity index (χ0n) is 19.2. The second kappa shape index (κ2) is 12.3. The van der Waals surface area contributed by atoms with Gasteiger partial charge in [-0.25, -0.2) is 13.1 Å². The number of carbonyl (C=O) groups is 1. The molecule has 3 aromatic carbocycles. The molecule has 1 amide bonds. The number of halogens is 1. The molecular weight excluding hydrogens is 550 g/mol. The van der Waals surface area contributed by atoms with Crippen molar-refractivity contribution >= 4 is 54.9 Å². The molecule has 0 aliphatic heterocycles. The van der Waals surface area contributed by atoms with Crippen LogP contribution in [0.15, 0.2) is 82.2 Å². The predicted octanol–water partition coefficient (Wildman–Crippen LogP) is 5.09. The molecule has 0 heterocycles. The first-order valence-corrected chi connectivity index (χ1v) is 13.5. The summed E-state index contributed by atoms with van der Waals surface area (Å²) in [7, 11) is -3.67. The molecule has 0 saturated heterocycles. The van der Waals surface area contributed by atoms with Gasteiger partial charge >= 0.3 is 0 Å². The van der Waals surface area contributed by atoms with E-state index >= 15 is 0 Å². The summed E-state index contributed by atoms with van der Waals surface area (Å²) in [5.41, 5.74) is 1.81. The van der Waals surface area contributed by atoms with Crippen molar-refractivity contribution in [2.24, 2.45) is 5.92 Å². The Balaban J connectivity index is 1.55. The van der Waals surface area contributed by atoms with Gasteiger partial charge in [-0.15, -0.1) is 0 Å². The highest BCUT2D eigenvalue weighted by Crippen LogP contribution is 2.26. The van der Waals surface area contributed by atoms with Gasteiger partial charge in [0, 0.05) is 17.8 Å². The van der Waals surface area contributed by atoms with E-state index in [1.165, 1.54) is 12.1 Å². The Hall–Kier alpha value is -2.79. The summed E-state index contributed by atoms with van der Waals surface area (Å²) >= 11 is 8.66. The number of anilines is 1. The fourth-order valence-electron chi connectivity index (χ4n) is 2.93. The Kier molecular flexibility index (Phi) is 9.39. The fraction of sp³-hybridized carbons (Fsp3) is 0.200. The highest BCUT2D eigenvalue weighted by atomic mass is 79.9. The van der Waals surface area contributed by atoms with Crippen molar-refractivity contribution in [3.05, 3.63) is 88.4 Å². The number of nitrogens with one attached hydrogen (secondary N) is 3. The van der Waals surface area contributed by atoms with E-state index in [1.807, 2.05) is 30.3 Å². The lowest BCUT2D eigenvalue weighted by Gasteiger charge is -2.13. The van der Waals surface area contributed by atoms with Crippen LogP contribution in [0.5, 0.6) is 5.75 Å². The predicted molar refractivity (Wildman–Crippen MR) is 145 cm³/mol. The molecule has 3 aromatic rings. The third kappa shape index (κ3) is 8.14. The molecular formula is C25H26BrN3O4S2. The van der Waals surface area contributed by atoms with Gasteiger partial charge in [0.15, 0.2) is 5.11 Å². The molecule has 35 heavy (non-hydrogen) atoms. The van der Waals surface area contributed by atoms with E-state index in [0.717, 1.165) is 5.56 Å². The molecule has 184 valence electrons. The van der Waals surface area contributed by atoms with Crippen LogP contribution >= 0.6 is 28.1 Å². The molecule has 0 spiro atoms. The van der Waals surface area contributed by atoms with Gasteiger partial charge in [0.2, 0.25) is 10.0 Å². The first kappa shape index (κ1) is 26.8. The maximum atomic E-state index is 12.6. The summed E-state index contributed by atoms with van der Waals surface area (Å²) in [5, 5.41) is 5.59. The van der Waals surface area contributed by atoms with Crippen molar-refractivity contribution in [1.82, 2.24) is 10.0 Å². The topological polar surface area (TPSA) is 96.5 Å². The van der Waals surface area contributed by atoms with Gasteiger partial charge < -0.3 is 10.1 Å². The Morgan fingerprint density at radius 2 is 1.71 bits per heavy atom. The minimum Gasteiger partial charge on any atom is -0.492 e. The van der Waals surface area contributed by atoms with Crippen molar-refractivity contribution in [3.8, 4) is 5.75 Å². The molecule has 0 bridgehead atoms. The quantitative estimate of drug-likeness (QED) is 0.307. The first-order chi connectivity index (χ1) is 16.6. The minimum absolute atomic E-state index is 0.0871. The summed E-state index contributed by atoms with van der Waals surface area (Å²) in [6.45, 7) is 4.87. The van der Waals surface area contributed by atoms with Gasteiger partial charge in [-0.05, 0) is 82.1 Å². The molecule has 7 nitrogen and oxygen atoms in total. The van der Waals surface area contributed by atoms with Gasteiger partial charge in [0.25, 0.3) is 5.91 Å². The lowest BCUT2D eigenvalue weighted by atomic mass is 10.2. The average molecular weight is 577 g/mol. The first-order valence-electron chi connectivity index (χ1n) is 10.8. The van der Waals surface area contributed by atoms with E-state index in [1.54, 1.807) is 30.3 Å². The highest BCUT2D eigenvalue weighted by molar-refractivity contribution is 9.10. The van der Waals surface area contributed by atoms with Crippen molar-refractivity contribution in [2.75, 3.05) is 11.9 Å². The van der Waals surface area contributed by atoms with Crippen LogP contribution in [0.4, 0.5) is 5.69 Å². The van der Waals surface area contributed by atoms with Gasteiger partial charge in [0.05, 0.1) is 16.0 Å². The van der Waals surface area contributed by atoms with Gasteiger partial charge in [0.1, 0.15) is 5.75 Å². The molecule has 3 rings (SSSR count). The molecule has 0 radical (unpaired) electrons. The van der Waals surface area contributed by atoms with E-state index < -0.39 is 10.0 Å². The second-order valence-corrected chi connectivity index (χ2v) is 11.1. The molecule has 0 aliphatic rings. The second-order valence-electron chi connectivity index (χ2n) is 8.09. The minimum atomic E-state index is -3.67. The average Bonchev–Trinajstić information content (AvgIpc) is 2.83. The molecule has 10 heteroatoms. The van der Waals surface area contributed by atoms with E-state index in [2.05, 4.69) is 45.1 Å². The zero-order chi connectivity index (χ0) is 25.4. The van der Waals surface area contributed by atoms with Gasteiger partial charge in [-0.1, -0.05) is 44.2 Å². The fourth-order valence-corrected chi connectivity index (χ4v) is 4.65. The summed E-state index contributed by atoms with van der Waals surface area (Å²) in [5.74, 6) is 0.653. The van der Waals surface area contributed by atoms with Crippen molar-refractivity contribution in [2.45, 2.75) is 25.3 Å². The lowest BCUT2D eigenvalue weighted by molar-refractivity contribution is 0.0977. The molecule has 0 unspecified atom stereocenters. The third-order valence-electron chi connectivity index (χ3n) is 4.72. The number of benzene rings is 3. The number of thiocarbonyl (C=S) groups is 1. The molecule has 3 N–H and O–H groups in total.